The number of aromatic nitrogens is 5. The van der Waals surface area contributed by atoms with Crippen LogP contribution in [0.5, 0.6) is 0 Å². The SMILES string of the molecule is CC(=O)Nc1nc2ccc(Sc3nnc4ccc(N[C@H]5CC[C@H](O)CC5)nn34)cc2s1. The van der Waals surface area contributed by atoms with Crippen molar-refractivity contribution in [3.05, 3.63) is 30.3 Å². The highest BCUT2D eigenvalue weighted by Gasteiger charge is 2.20. The molecule has 0 saturated heterocycles. The molecule has 3 N–H and O–H groups in total. The summed E-state index contributed by atoms with van der Waals surface area (Å²) in [7, 11) is 0. The first-order valence-electron chi connectivity index (χ1n) is 10.1. The highest BCUT2D eigenvalue weighted by atomic mass is 32.2. The number of hydrogen-bond donors (Lipinski definition) is 3. The largest absolute Gasteiger partial charge is 0.393 e. The summed E-state index contributed by atoms with van der Waals surface area (Å²) in [6, 6.07) is 10.1. The van der Waals surface area contributed by atoms with Crippen LogP contribution in [0.3, 0.4) is 0 Å². The molecule has 3 aromatic heterocycles. The van der Waals surface area contributed by atoms with E-state index in [1.165, 1.54) is 30.0 Å². The van der Waals surface area contributed by atoms with Crippen LogP contribution in [-0.4, -0.2) is 48.0 Å². The van der Waals surface area contributed by atoms with E-state index >= 15 is 0 Å². The van der Waals surface area contributed by atoms with Gasteiger partial charge in [-0.3, -0.25) is 4.79 Å². The lowest BCUT2D eigenvalue weighted by Crippen LogP contribution is -2.28. The Labute approximate surface area is 186 Å². The number of carbonyl (C=O) groups is 1. The fourth-order valence-electron chi connectivity index (χ4n) is 3.62. The zero-order chi connectivity index (χ0) is 21.4. The fourth-order valence-corrected chi connectivity index (χ4v) is 5.47. The maximum atomic E-state index is 11.3. The highest BCUT2D eigenvalue weighted by molar-refractivity contribution is 7.99. The van der Waals surface area contributed by atoms with E-state index in [1.54, 1.807) is 4.52 Å². The third-order valence-electron chi connectivity index (χ3n) is 5.13. The summed E-state index contributed by atoms with van der Waals surface area (Å²) >= 11 is 2.91. The molecule has 1 saturated carbocycles. The predicted molar refractivity (Wildman–Crippen MR) is 121 cm³/mol. The summed E-state index contributed by atoms with van der Waals surface area (Å²) in [5.74, 6) is 0.636. The van der Waals surface area contributed by atoms with E-state index in [1.807, 2.05) is 30.3 Å². The number of rotatable bonds is 5. The predicted octanol–water partition coefficient (Wildman–Crippen LogP) is 3.56. The van der Waals surface area contributed by atoms with Crippen molar-refractivity contribution in [1.29, 1.82) is 0 Å². The molecule has 31 heavy (non-hydrogen) atoms. The number of hydrogen-bond acceptors (Lipinski definition) is 9. The lowest BCUT2D eigenvalue weighted by molar-refractivity contribution is -0.114. The molecule has 0 bridgehead atoms. The minimum absolute atomic E-state index is 0.136. The molecule has 1 amide bonds. The molecule has 1 aliphatic carbocycles. The van der Waals surface area contributed by atoms with Gasteiger partial charge in [0.1, 0.15) is 5.82 Å². The molecule has 9 nitrogen and oxygen atoms in total. The zero-order valence-electron chi connectivity index (χ0n) is 16.8. The molecule has 0 atom stereocenters. The van der Waals surface area contributed by atoms with E-state index in [-0.39, 0.29) is 12.0 Å². The minimum Gasteiger partial charge on any atom is -0.393 e. The van der Waals surface area contributed by atoms with E-state index in [4.69, 9.17) is 0 Å². The Kier molecular flexibility index (Phi) is 5.47. The van der Waals surface area contributed by atoms with E-state index in [9.17, 15) is 9.90 Å². The van der Waals surface area contributed by atoms with Gasteiger partial charge >= 0.3 is 0 Å². The van der Waals surface area contributed by atoms with Crippen molar-refractivity contribution in [3.63, 3.8) is 0 Å². The molecule has 11 heteroatoms. The van der Waals surface area contributed by atoms with Gasteiger partial charge in [-0.2, -0.15) is 4.52 Å². The zero-order valence-corrected chi connectivity index (χ0v) is 18.4. The maximum Gasteiger partial charge on any atom is 0.223 e. The van der Waals surface area contributed by atoms with Gasteiger partial charge < -0.3 is 15.7 Å². The molecule has 0 radical (unpaired) electrons. The van der Waals surface area contributed by atoms with Crippen molar-refractivity contribution in [2.45, 2.75) is 54.8 Å². The first kappa shape index (κ1) is 20.2. The average Bonchev–Trinajstić information content (AvgIpc) is 3.32. The summed E-state index contributed by atoms with van der Waals surface area (Å²) < 4.78 is 2.72. The van der Waals surface area contributed by atoms with E-state index in [2.05, 4.69) is 30.9 Å². The Morgan fingerprint density at radius 1 is 1.19 bits per heavy atom. The Hall–Kier alpha value is -2.76. The summed E-state index contributed by atoms with van der Waals surface area (Å²) in [5, 5.41) is 30.4. The van der Waals surface area contributed by atoms with Gasteiger partial charge in [-0.1, -0.05) is 11.3 Å². The Morgan fingerprint density at radius 2 is 2.03 bits per heavy atom. The van der Waals surface area contributed by atoms with Gasteiger partial charge in [-0.25, -0.2) is 4.98 Å². The molecule has 5 rings (SSSR count). The molecule has 0 unspecified atom stereocenters. The van der Waals surface area contributed by atoms with Crippen LogP contribution in [0.2, 0.25) is 0 Å². The number of nitrogens with zero attached hydrogens (tertiary/aromatic N) is 5. The van der Waals surface area contributed by atoms with Gasteiger partial charge in [0.2, 0.25) is 11.1 Å². The topological polar surface area (TPSA) is 117 Å². The number of aliphatic hydroxyl groups excluding tert-OH is 1. The molecule has 4 aromatic rings. The smallest absolute Gasteiger partial charge is 0.223 e. The van der Waals surface area contributed by atoms with Gasteiger partial charge in [0.15, 0.2) is 10.8 Å². The standard InChI is InChI=1S/C20H21N7O2S2/c1-11(28)21-19-23-15-7-6-14(10-16(15)31-19)30-20-25-24-18-9-8-17(26-27(18)20)22-12-2-4-13(29)5-3-12/h6-10,12-13,29H,2-5H2,1H3,(H,22,26)(H,21,23,28)/t12-,13-. The number of anilines is 2. The van der Waals surface area contributed by atoms with Crippen molar-refractivity contribution in [2.75, 3.05) is 10.6 Å². The third kappa shape index (κ3) is 4.48. The summed E-state index contributed by atoms with van der Waals surface area (Å²) in [6.07, 6.45) is 3.31. The molecule has 1 aromatic carbocycles. The number of fused-ring (bicyclic) bond motifs is 2. The van der Waals surface area contributed by atoms with Crippen LogP contribution in [0, 0.1) is 0 Å². The summed E-state index contributed by atoms with van der Waals surface area (Å²) in [6.45, 7) is 1.47. The van der Waals surface area contributed by atoms with Crippen LogP contribution < -0.4 is 10.6 Å². The first-order chi connectivity index (χ1) is 15.0. The molecule has 1 fully saturated rings. The number of nitrogens with one attached hydrogen (secondary N) is 2. The molecule has 3 heterocycles. The van der Waals surface area contributed by atoms with Gasteiger partial charge in [-0.15, -0.1) is 15.3 Å². The van der Waals surface area contributed by atoms with Crippen LogP contribution in [0.1, 0.15) is 32.6 Å². The van der Waals surface area contributed by atoms with Crippen molar-refractivity contribution in [1.82, 2.24) is 24.8 Å². The first-order valence-corrected chi connectivity index (χ1v) is 11.7. The number of thiazole rings is 1. The number of carbonyl (C=O) groups excluding carboxylic acids is 1. The van der Waals surface area contributed by atoms with Gasteiger partial charge in [-0.05, 0) is 67.8 Å². The summed E-state index contributed by atoms with van der Waals surface area (Å²) in [5.41, 5.74) is 1.52. The van der Waals surface area contributed by atoms with Crippen molar-refractivity contribution in [2.24, 2.45) is 0 Å². The monoisotopic (exact) mass is 455 g/mol. The van der Waals surface area contributed by atoms with Crippen LogP contribution >= 0.6 is 23.1 Å². The fraction of sp³-hybridized carbons (Fsp3) is 0.350. The Morgan fingerprint density at radius 3 is 2.84 bits per heavy atom. The van der Waals surface area contributed by atoms with Crippen molar-refractivity contribution >= 4 is 55.8 Å². The van der Waals surface area contributed by atoms with Crippen molar-refractivity contribution < 1.29 is 9.90 Å². The van der Waals surface area contributed by atoms with E-state index < -0.39 is 0 Å². The molecular formula is C20H21N7O2S2. The molecule has 160 valence electrons. The van der Waals surface area contributed by atoms with Gasteiger partial charge in [0.25, 0.3) is 0 Å². The Bertz CT molecular complexity index is 1250. The second-order valence-electron chi connectivity index (χ2n) is 7.55. The highest BCUT2D eigenvalue weighted by Crippen LogP contribution is 2.33. The lowest BCUT2D eigenvalue weighted by atomic mass is 9.93. The molecule has 1 aliphatic rings. The van der Waals surface area contributed by atoms with Gasteiger partial charge in [0, 0.05) is 17.9 Å². The quantitative estimate of drug-likeness (QED) is 0.418. The Balaban J connectivity index is 1.36. The molecule has 0 aliphatic heterocycles. The number of benzene rings is 1. The van der Waals surface area contributed by atoms with Crippen LogP contribution in [0.15, 0.2) is 40.4 Å². The lowest BCUT2D eigenvalue weighted by Gasteiger charge is -2.26. The van der Waals surface area contributed by atoms with E-state index in [0.717, 1.165) is 46.6 Å². The van der Waals surface area contributed by atoms with Crippen LogP contribution in [0.4, 0.5) is 10.9 Å². The second-order valence-corrected chi connectivity index (χ2v) is 9.62. The van der Waals surface area contributed by atoms with Crippen LogP contribution in [-0.2, 0) is 4.79 Å². The second kappa shape index (κ2) is 8.40. The minimum atomic E-state index is -0.181. The van der Waals surface area contributed by atoms with Gasteiger partial charge in [0.05, 0.1) is 16.3 Å². The van der Waals surface area contributed by atoms with Crippen molar-refractivity contribution in [3.8, 4) is 0 Å². The summed E-state index contributed by atoms with van der Waals surface area (Å²) in [4.78, 5) is 16.7. The number of amides is 1. The third-order valence-corrected chi connectivity index (χ3v) is 7.00. The number of aliphatic hydroxyl groups is 1. The molecule has 0 spiro atoms. The average molecular weight is 456 g/mol. The maximum absolute atomic E-state index is 11.3. The normalized spacial score (nSPS) is 19.0. The van der Waals surface area contributed by atoms with Crippen LogP contribution in [0.25, 0.3) is 15.9 Å². The molecular weight excluding hydrogens is 434 g/mol. The van der Waals surface area contributed by atoms with E-state index in [0.29, 0.717) is 22.0 Å².